The van der Waals surface area contributed by atoms with Crippen LogP contribution in [0, 0.1) is 5.41 Å². The zero-order chi connectivity index (χ0) is 11.5. The molecule has 1 fully saturated rings. The third kappa shape index (κ3) is 3.50. The molecule has 0 spiro atoms. The van der Waals surface area contributed by atoms with E-state index in [1.807, 2.05) is 0 Å². The quantitative estimate of drug-likeness (QED) is 0.446. The van der Waals surface area contributed by atoms with E-state index in [4.69, 9.17) is 11.5 Å². The summed E-state index contributed by atoms with van der Waals surface area (Å²) in [5.41, 5.74) is 10.3. The van der Waals surface area contributed by atoms with Crippen LogP contribution < -0.4 is 11.5 Å². The van der Waals surface area contributed by atoms with Gasteiger partial charge in [-0.25, -0.2) is 0 Å². The van der Waals surface area contributed by atoms with Gasteiger partial charge in [0, 0.05) is 14.1 Å². The summed E-state index contributed by atoms with van der Waals surface area (Å²) >= 11 is 0. The fraction of sp³-hybridized carbons (Fsp3) is 0.800. The Balaban J connectivity index is 0.00000225. The summed E-state index contributed by atoms with van der Waals surface area (Å²) in [6.45, 7) is 0.423. The average Bonchev–Trinajstić information content (AvgIpc) is 2.63. The van der Waals surface area contributed by atoms with E-state index in [0.717, 1.165) is 25.7 Å². The number of amides is 1. The predicted molar refractivity (Wildman–Crippen MR) is 75.7 cm³/mol. The molecule has 1 aliphatic rings. The van der Waals surface area contributed by atoms with Gasteiger partial charge in [0.05, 0.1) is 12.0 Å². The van der Waals surface area contributed by atoms with Crippen molar-refractivity contribution < 1.29 is 4.79 Å². The van der Waals surface area contributed by atoms with E-state index in [9.17, 15) is 4.79 Å². The van der Waals surface area contributed by atoms with E-state index in [-0.39, 0.29) is 41.3 Å². The van der Waals surface area contributed by atoms with Crippen LogP contribution in [0.25, 0.3) is 0 Å². The number of nitrogens with zero attached hydrogens (tertiary/aromatic N) is 2. The first-order chi connectivity index (χ1) is 6.98. The van der Waals surface area contributed by atoms with Crippen molar-refractivity contribution in [1.82, 2.24) is 4.90 Å². The zero-order valence-electron chi connectivity index (χ0n) is 9.90. The normalized spacial score (nSPS) is 17.4. The van der Waals surface area contributed by atoms with Gasteiger partial charge in [0.25, 0.3) is 0 Å². The van der Waals surface area contributed by atoms with Crippen LogP contribution in [-0.2, 0) is 4.79 Å². The number of hydrogen-bond acceptors (Lipinski definition) is 2. The summed E-state index contributed by atoms with van der Waals surface area (Å²) in [6, 6.07) is 0. The third-order valence-corrected chi connectivity index (χ3v) is 2.98. The van der Waals surface area contributed by atoms with Gasteiger partial charge in [0.15, 0.2) is 5.96 Å². The summed E-state index contributed by atoms with van der Waals surface area (Å²) < 4.78 is 0. The lowest BCUT2D eigenvalue weighted by atomic mass is 9.85. The minimum Gasteiger partial charge on any atom is -0.370 e. The number of nitrogens with two attached hydrogens (primary N) is 2. The Bertz CT molecular complexity index is 268. The minimum atomic E-state index is -0.354. The SMILES string of the molecule is CN(C)C(=O)C1(CN=C(N)N)CCCC1.I. The molecule has 1 aliphatic carbocycles. The zero-order valence-corrected chi connectivity index (χ0v) is 12.2. The molecule has 0 aromatic rings. The molecule has 16 heavy (non-hydrogen) atoms. The highest BCUT2D eigenvalue weighted by Crippen LogP contribution is 2.39. The van der Waals surface area contributed by atoms with Crippen LogP contribution in [0.15, 0.2) is 4.99 Å². The van der Waals surface area contributed by atoms with Crippen molar-refractivity contribution in [2.24, 2.45) is 21.9 Å². The maximum Gasteiger partial charge on any atom is 0.230 e. The van der Waals surface area contributed by atoms with Gasteiger partial charge >= 0.3 is 0 Å². The average molecular weight is 340 g/mol. The van der Waals surface area contributed by atoms with Crippen LogP contribution in [0.1, 0.15) is 25.7 Å². The Morgan fingerprint density at radius 2 is 1.81 bits per heavy atom. The molecule has 0 aromatic carbocycles. The second-order valence-electron chi connectivity index (χ2n) is 4.43. The van der Waals surface area contributed by atoms with Crippen molar-refractivity contribution in [2.45, 2.75) is 25.7 Å². The molecule has 6 heteroatoms. The molecular weight excluding hydrogens is 319 g/mol. The molecule has 94 valence electrons. The second kappa shape index (κ2) is 6.27. The van der Waals surface area contributed by atoms with Gasteiger partial charge < -0.3 is 16.4 Å². The van der Waals surface area contributed by atoms with E-state index < -0.39 is 0 Å². The van der Waals surface area contributed by atoms with Gasteiger partial charge in [-0.15, -0.1) is 24.0 Å². The number of rotatable bonds is 3. The highest BCUT2D eigenvalue weighted by molar-refractivity contribution is 14.0. The van der Waals surface area contributed by atoms with E-state index >= 15 is 0 Å². The first kappa shape index (κ1) is 15.5. The van der Waals surface area contributed by atoms with Gasteiger partial charge in [-0.1, -0.05) is 12.8 Å². The van der Waals surface area contributed by atoms with Gasteiger partial charge in [-0.2, -0.15) is 0 Å². The largest absolute Gasteiger partial charge is 0.370 e. The van der Waals surface area contributed by atoms with Crippen molar-refractivity contribution in [3.8, 4) is 0 Å². The molecular formula is C10H21IN4O. The summed E-state index contributed by atoms with van der Waals surface area (Å²) in [5.74, 6) is 0.206. The molecule has 0 aromatic heterocycles. The first-order valence-corrected chi connectivity index (χ1v) is 5.25. The first-order valence-electron chi connectivity index (χ1n) is 5.25. The summed E-state index contributed by atoms with van der Waals surface area (Å²) in [7, 11) is 3.55. The number of halogens is 1. The summed E-state index contributed by atoms with van der Waals surface area (Å²) in [5, 5.41) is 0. The maximum absolute atomic E-state index is 12.1. The predicted octanol–water partition coefficient (Wildman–Crippen LogP) is 0.526. The Hall–Kier alpha value is -0.530. The second-order valence-corrected chi connectivity index (χ2v) is 4.43. The number of guanidine groups is 1. The van der Waals surface area contributed by atoms with E-state index in [2.05, 4.69) is 4.99 Å². The molecule has 1 amide bonds. The Labute approximate surface area is 114 Å². The molecule has 1 saturated carbocycles. The molecule has 4 N–H and O–H groups in total. The van der Waals surface area contributed by atoms with Gasteiger partial charge in [-0.05, 0) is 12.8 Å². The molecule has 0 aliphatic heterocycles. The maximum atomic E-state index is 12.1. The van der Waals surface area contributed by atoms with Crippen LogP contribution >= 0.6 is 24.0 Å². The van der Waals surface area contributed by atoms with Crippen LogP contribution in [0.2, 0.25) is 0 Å². The summed E-state index contributed by atoms with van der Waals surface area (Å²) in [4.78, 5) is 17.7. The van der Waals surface area contributed by atoms with Crippen molar-refractivity contribution >= 4 is 35.8 Å². The lowest BCUT2D eigenvalue weighted by molar-refractivity contribution is -0.138. The van der Waals surface area contributed by atoms with Gasteiger partial charge in [-0.3, -0.25) is 9.79 Å². The third-order valence-electron chi connectivity index (χ3n) is 2.98. The smallest absolute Gasteiger partial charge is 0.230 e. The standard InChI is InChI=1S/C10H20N4O.HI/c1-14(2)8(15)10(5-3-4-6-10)7-13-9(11)12;/h3-7H2,1-2H3,(H4,11,12,13);1H. The fourth-order valence-electron chi connectivity index (χ4n) is 2.21. The Morgan fingerprint density at radius 3 is 2.19 bits per heavy atom. The van der Waals surface area contributed by atoms with Gasteiger partial charge in [0.1, 0.15) is 0 Å². The molecule has 1 rings (SSSR count). The van der Waals surface area contributed by atoms with Crippen molar-refractivity contribution in [2.75, 3.05) is 20.6 Å². The van der Waals surface area contributed by atoms with Crippen molar-refractivity contribution in [3.05, 3.63) is 0 Å². The van der Waals surface area contributed by atoms with Crippen LogP contribution in [0.3, 0.4) is 0 Å². The van der Waals surface area contributed by atoms with Crippen LogP contribution in [0.4, 0.5) is 0 Å². The lowest BCUT2D eigenvalue weighted by Crippen LogP contribution is -2.41. The Kier molecular flexibility index (Phi) is 6.06. The number of carbonyl (C=O) groups excluding carboxylic acids is 1. The number of carbonyl (C=O) groups is 1. The van der Waals surface area contributed by atoms with E-state index in [0.29, 0.717) is 6.54 Å². The van der Waals surface area contributed by atoms with E-state index in [1.165, 1.54) is 0 Å². The minimum absolute atomic E-state index is 0. The van der Waals surface area contributed by atoms with E-state index in [1.54, 1.807) is 19.0 Å². The van der Waals surface area contributed by atoms with Crippen molar-refractivity contribution in [3.63, 3.8) is 0 Å². The summed E-state index contributed by atoms with van der Waals surface area (Å²) in [6.07, 6.45) is 3.95. The number of aliphatic imine (C=N–C) groups is 1. The monoisotopic (exact) mass is 340 g/mol. The topological polar surface area (TPSA) is 84.7 Å². The fourth-order valence-corrected chi connectivity index (χ4v) is 2.21. The highest BCUT2D eigenvalue weighted by Gasteiger charge is 2.41. The Morgan fingerprint density at radius 1 is 1.31 bits per heavy atom. The van der Waals surface area contributed by atoms with Gasteiger partial charge in [0.2, 0.25) is 5.91 Å². The lowest BCUT2D eigenvalue weighted by Gasteiger charge is -2.28. The van der Waals surface area contributed by atoms with Crippen LogP contribution in [0.5, 0.6) is 0 Å². The molecule has 5 nitrogen and oxygen atoms in total. The van der Waals surface area contributed by atoms with Crippen molar-refractivity contribution in [1.29, 1.82) is 0 Å². The molecule has 0 radical (unpaired) electrons. The molecule has 0 saturated heterocycles. The molecule has 0 bridgehead atoms. The van der Waals surface area contributed by atoms with Crippen LogP contribution in [-0.4, -0.2) is 37.4 Å². The highest BCUT2D eigenvalue weighted by atomic mass is 127. The molecule has 0 heterocycles. The molecule has 0 atom stereocenters. The number of hydrogen-bond donors (Lipinski definition) is 2. The molecule has 0 unspecified atom stereocenters.